The minimum Gasteiger partial charge on any atom is -0.324 e. The summed E-state index contributed by atoms with van der Waals surface area (Å²) in [5.41, 5.74) is 6.09. The van der Waals surface area contributed by atoms with Crippen molar-refractivity contribution in [2.75, 3.05) is 11.9 Å². The summed E-state index contributed by atoms with van der Waals surface area (Å²) in [6, 6.07) is 7.74. The maximum atomic E-state index is 11.2. The lowest BCUT2D eigenvalue weighted by Crippen LogP contribution is -2.22. The summed E-state index contributed by atoms with van der Waals surface area (Å²) in [6.07, 6.45) is 0. The number of carbonyl (C=O) groups excluding carboxylic acids is 1. The molecule has 0 saturated carbocycles. The lowest BCUT2D eigenvalue weighted by Gasteiger charge is -2.11. The van der Waals surface area contributed by atoms with Crippen LogP contribution in [-0.4, -0.2) is 17.7 Å². The van der Waals surface area contributed by atoms with Crippen LogP contribution >= 0.6 is 24.2 Å². The zero-order valence-electron chi connectivity index (χ0n) is 9.40. The van der Waals surface area contributed by atoms with Gasteiger partial charge in [-0.3, -0.25) is 4.79 Å². The molecule has 0 heterocycles. The number of hydrogen-bond donors (Lipinski definition) is 2. The largest absolute Gasteiger partial charge is 0.324 e. The number of carbonyl (C=O) groups is 1. The number of nitrogens with one attached hydrogen (secondary N) is 1. The van der Waals surface area contributed by atoms with Gasteiger partial charge in [0.2, 0.25) is 5.91 Å². The molecule has 0 bridgehead atoms. The first-order valence-electron chi connectivity index (χ1n) is 4.89. The molecule has 1 aromatic rings. The second-order valence-electron chi connectivity index (χ2n) is 3.42. The second kappa shape index (κ2) is 7.54. The molecule has 0 aromatic heterocycles. The van der Waals surface area contributed by atoms with Gasteiger partial charge < -0.3 is 11.1 Å². The third kappa shape index (κ3) is 4.88. The van der Waals surface area contributed by atoms with E-state index in [9.17, 15) is 4.79 Å². The summed E-state index contributed by atoms with van der Waals surface area (Å²) in [7, 11) is 0. The van der Waals surface area contributed by atoms with Crippen LogP contribution in [0.4, 0.5) is 5.69 Å². The van der Waals surface area contributed by atoms with Crippen LogP contribution in [0.15, 0.2) is 29.2 Å². The highest BCUT2D eigenvalue weighted by molar-refractivity contribution is 8.00. The molecule has 1 aromatic carbocycles. The number of hydrogen-bond acceptors (Lipinski definition) is 3. The number of halogens is 1. The number of para-hydroxylation sites is 1. The fourth-order valence-corrected chi connectivity index (χ4v) is 2.04. The molecule has 0 radical (unpaired) electrons. The Hall–Kier alpha value is -0.710. The van der Waals surface area contributed by atoms with E-state index >= 15 is 0 Å². The summed E-state index contributed by atoms with van der Waals surface area (Å²) in [6.45, 7) is 4.25. The van der Waals surface area contributed by atoms with Gasteiger partial charge in [-0.1, -0.05) is 26.0 Å². The molecule has 16 heavy (non-hydrogen) atoms. The van der Waals surface area contributed by atoms with Crippen LogP contribution in [0.3, 0.4) is 0 Å². The minimum atomic E-state index is -0.160. The molecule has 0 saturated heterocycles. The normalized spacial score (nSPS) is 9.75. The predicted octanol–water partition coefficient (Wildman–Crippen LogP) is 2.51. The van der Waals surface area contributed by atoms with Gasteiger partial charge in [-0.05, 0) is 12.1 Å². The Morgan fingerprint density at radius 1 is 1.44 bits per heavy atom. The molecule has 90 valence electrons. The van der Waals surface area contributed by atoms with E-state index < -0.39 is 0 Å². The van der Waals surface area contributed by atoms with Crippen molar-refractivity contribution in [3.63, 3.8) is 0 Å². The summed E-state index contributed by atoms with van der Waals surface area (Å²) in [5.74, 6) is -0.160. The number of nitrogens with two attached hydrogens (primary N) is 1. The average molecular weight is 261 g/mol. The van der Waals surface area contributed by atoms with Crippen molar-refractivity contribution in [3.8, 4) is 0 Å². The van der Waals surface area contributed by atoms with E-state index in [4.69, 9.17) is 5.73 Å². The lowest BCUT2D eigenvalue weighted by atomic mass is 10.3. The Morgan fingerprint density at radius 2 is 2.06 bits per heavy atom. The lowest BCUT2D eigenvalue weighted by molar-refractivity contribution is -0.114. The van der Waals surface area contributed by atoms with Gasteiger partial charge in [0.25, 0.3) is 0 Å². The molecule has 0 spiro atoms. The predicted molar refractivity (Wildman–Crippen MR) is 72.4 cm³/mol. The topological polar surface area (TPSA) is 55.1 Å². The van der Waals surface area contributed by atoms with Crippen LogP contribution in [0.25, 0.3) is 0 Å². The molecule has 3 N–H and O–H groups in total. The highest BCUT2D eigenvalue weighted by atomic mass is 35.5. The highest BCUT2D eigenvalue weighted by Crippen LogP contribution is 2.29. The zero-order valence-corrected chi connectivity index (χ0v) is 11.0. The number of rotatable bonds is 4. The van der Waals surface area contributed by atoms with Crippen molar-refractivity contribution in [3.05, 3.63) is 24.3 Å². The molecule has 0 unspecified atom stereocenters. The van der Waals surface area contributed by atoms with Crippen molar-refractivity contribution in [2.45, 2.75) is 24.0 Å². The van der Waals surface area contributed by atoms with Crippen molar-refractivity contribution in [2.24, 2.45) is 5.73 Å². The molecular weight excluding hydrogens is 244 g/mol. The Morgan fingerprint density at radius 3 is 2.62 bits per heavy atom. The van der Waals surface area contributed by atoms with E-state index in [2.05, 4.69) is 19.2 Å². The minimum absolute atomic E-state index is 0. The Kier molecular flexibility index (Phi) is 7.21. The quantitative estimate of drug-likeness (QED) is 0.818. The van der Waals surface area contributed by atoms with Crippen molar-refractivity contribution >= 4 is 35.8 Å². The Bertz CT molecular complexity index is 345. The summed E-state index contributed by atoms with van der Waals surface area (Å²) >= 11 is 1.72. The van der Waals surface area contributed by atoms with Crippen molar-refractivity contribution in [1.82, 2.24) is 0 Å². The molecule has 3 nitrogen and oxygen atoms in total. The number of benzene rings is 1. The van der Waals surface area contributed by atoms with Crippen LogP contribution in [0.1, 0.15) is 13.8 Å². The van der Waals surface area contributed by atoms with Gasteiger partial charge in [-0.2, -0.15) is 0 Å². The Labute approximate surface area is 107 Å². The van der Waals surface area contributed by atoms with Gasteiger partial charge in [-0.25, -0.2) is 0 Å². The second-order valence-corrected chi connectivity index (χ2v) is 5.03. The standard InChI is InChI=1S/C11H16N2OS.ClH/c1-8(2)15-10-6-4-3-5-9(10)13-11(14)7-12;/h3-6,8H,7,12H2,1-2H3,(H,13,14);1H. The van der Waals surface area contributed by atoms with Gasteiger partial charge in [0.05, 0.1) is 12.2 Å². The molecule has 0 aliphatic heterocycles. The van der Waals surface area contributed by atoms with Crippen LogP contribution in [0.5, 0.6) is 0 Å². The molecule has 5 heteroatoms. The van der Waals surface area contributed by atoms with Crippen LogP contribution in [0.2, 0.25) is 0 Å². The Balaban J connectivity index is 0.00000225. The SMILES string of the molecule is CC(C)Sc1ccccc1NC(=O)CN.Cl. The highest BCUT2D eigenvalue weighted by Gasteiger charge is 2.06. The van der Waals surface area contributed by atoms with E-state index in [0.29, 0.717) is 5.25 Å². The van der Waals surface area contributed by atoms with Gasteiger partial charge in [0.1, 0.15) is 0 Å². The zero-order chi connectivity index (χ0) is 11.3. The van der Waals surface area contributed by atoms with Gasteiger partial charge in [0, 0.05) is 10.1 Å². The maximum absolute atomic E-state index is 11.2. The molecule has 0 atom stereocenters. The first kappa shape index (κ1) is 15.3. The number of anilines is 1. The van der Waals surface area contributed by atoms with E-state index in [1.54, 1.807) is 11.8 Å². The fourth-order valence-electron chi connectivity index (χ4n) is 1.13. The molecule has 0 fully saturated rings. The van der Waals surface area contributed by atoms with E-state index in [0.717, 1.165) is 10.6 Å². The van der Waals surface area contributed by atoms with Crippen LogP contribution < -0.4 is 11.1 Å². The van der Waals surface area contributed by atoms with Crippen molar-refractivity contribution in [1.29, 1.82) is 0 Å². The summed E-state index contributed by atoms with van der Waals surface area (Å²) in [4.78, 5) is 12.3. The van der Waals surface area contributed by atoms with E-state index in [1.165, 1.54) is 0 Å². The van der Waals surface area contributed by atoms with Gasteiger partial charge >= 0.3 is 0 Å². The molecule has 1 amide bonds. The van der Waals surface area contributed by atoms with Crippen LogP contribution in [0, 0.1) is 0 Å². The molecule has 0 aliphatic carbocycles. The first-order chi connectivity index (χ1) is 7.13. The average Bonchev–Trinajstić information content (AvgIpc) is 2.20. The monoisotopic (exact) mass is 260 g/mol. The summed E-state index contributed by atoms with van der Waals surface area (Å²) in [5, 5.41) is 3.27. The molecule has 0 aliphatic rings. The third-order valence-corrected chi connectivity index (χ3v) is 2.79. The third-order valence-electron chi connectivity index (χ3n) is 1.71. The smallest absolute Gasteiger partial charge is 0.238 e. The van der Waals surface area contributed by atoms with E-state index in [-0.39, 0.29) is 24.9 Å². The van der Waals surface area contributed by atoms with E-state index in [1.807, 2.05) is 24.3 Å². The first-order valence-corrected chi connectivity index (χ1v) is 5.77. The van der Waals surface area contributed by atoms with Crippen molar-refractivity contribution < 1.29 is 4.79 Å². The molecular formula is C11H17ClN2OS. The van der Waals surface area contributed by atoms with Crippen LogP contribution in [-0.2, 0) is 4.79 Å². The number of thioether (sulfide) groups is 1. The number of amides is 1. The van der Waals surface area contributed by atoms with Gasteiger partial charge in [-0.15, -0.1) is 24.2 Å². The fraction of sp³-hybridized carbons (Fsp3) is 0.364. The maximum Gasteiger partial charge on any atom is 0.238 e. The van der Waals surface area contributed by atoms with Gasteiger partial charge in [0.15, 0.2) is 0 Å². The summed E-state index contributed by atoms with van der Waals surface area (Å²) < 4.78 is 0. The molecule has 1 rings (SSSR count).